The molecule has 2 N–H and O–H groups in total. The van der Waals surface area contributed by atoms with Gasteiger partial charge in [-0.3, -0.25) is 0 Å². The van der Waals surface area contributed by atoms with Crippen LogP contribution in [0, 0.1) is 0 Å². The minimum Gasteiger partial charge on any atom is -0.380 e. The van der Waals surface area contributed by atoms with Gasteiger partial charge in [-0.15, -0.1) is 11.3 Å². The quantitative estimate of drug-likeness (QED) is 0.817. The van der Waals surface area contributed by atoms with E-state index in [1.807, 2.05) is 0 Å². The summed E-state index contributed by atoms with van der Waals surface area (Å²) >= 11 is 7.54. The van der Waals surface area contributed by atoms with E-state index in [1.165, 1.54) is 4.88 Å². The van der Waals surface area contributed by atoms with Crippen molar-refractivity contribution in [1.82, 2.24) is 0 Å². The average molecular weight is 206 g/mol. The highest BCUT2D eigenvalue weighted by atomic mass is 35.5. The molecular weight excluding hydrogens is 194 g/mol. The van der Waals surface area contributed by atoms with Gasteiger partial charge in [0.1, 0.15) is 0 Å². The highest BCUT2D eigenvalue weighted by molar-refractivity contribution is 7.16. The topological polar surface area (TPSA) is 35.2 Å². The van der Waals surface area contributed by atoms with Crippen molar-refractivity contribution in [3.8, 4) is 0 Å². The predicted octanol–water partition coefficient (Wildman–Crippen LogP) is 2.05. The van der Waals surface area contributed by atoms with Crippen molar-refractivity contribution in [3.05, 3.63) is 20.8 Å². The van der Waals surface area contributed by atoms with Gasteiger partial charge in [-0.1, -0.05) is 11.6 Å². The first-order valence-electron chi connectivity index (χ1n) is 3.74. The Morgan fingerprint density at radius 1 is 1.67 bits per heavy atom. The molecule has 1 heterocycles. The first-order chi connectivity index (χ1) is 5.77. The summed E-state index contributed by atoms with van der Waals surface area (Å²) in [5.74, 6) is 0. The number of halogens is 1. The van der Waals surface area contributed by atoms with Crippen molar-refractivity contribution in [2.45, 2.75) is 13.0 Å². The number of hydrogen-bond donors (Lipinski definition) is 1. The second-order valence-corrected chi connectivity index (χ2v) is 4.22. The maximum absolute atomic E-state index is 5.96. The average Bonchev–Trinajstić information content (AvgIpc) is 2.34. The number of rotatable bonds is 4. The molecule has 0 aliphatic heterocycles. The molecule has 0 fully saturated rings. The van der Waals surface area contributed by atoms with Crippen LogP contribution in [0.25, 0.3) is 0 Å². The first kappa shape index (κ1) is 9.99. The van der Waals surface area contributed by atoms with Gasteiger partial charge in [0, 0.05) is 17.6 Å². The van der Waals surface area contributed by atoms with E-state index in [0.29, 0.717) is 13.2 Å². The fourth-order valence-electron chi connectivity index (χ4n) is 0.981. The van der Waals surface area contributed by atoms with Crippen molar-refractivity contribution in [2.75, 3.05) is 13.7 Å². The van der Waals surface area contributed by atoms with Crippen molar-refractivity contribution in [3.63, 3.8) is 0 Å². The van der Waals surface area contributed by atoms with E-state index in [4.69, 9.17) is 22.1 Å². The Hall–Kier alpha value is -0.0900. The summed E-state index contributed by atoms with van der Waals surface area (Å²) in [7, 11) is 1.66. The van der Waals surface area contributed by atoms with Gasteiger partial charge in [-0.05, 0) is 19.0 Å². The lowest BCUT2D eigenvalue weighted by Gasteiger charge is -1.93. The monoisotopic (exact) mass is 205 g/mol. The predicted molar refractivity (Wildman–Crippen MR) is 52.8 cm³/mol. The zero-order valence-electron chi connectivity index (χ0n) is 6.97. The number of hydrogen-bond acceptors (Lipinski definition) is 3. The maximum Gasteiger partial charge on any atom is 0.0986 e. The Morgan fingerprint density at radius 2 is 2.42 bits per heavy atom. The number of ether oxygens (including phenoxy) is 1. The van der Waals surface area contributed by atoms with E-state index in [0.717, 1.165) is 16.3 Å². The van der Waals surface area contributed by atoms with E-state index in [-0.39, 0.29) is 0 Å². The van der Waals surface area contributed by atoms with Gasteiger partial charge >= 0.3 is 0 Å². The Bertz CT molecular complexity index is 249. The van der Waals surface area contributed by atoms with Crippen LogP contribution in [0.2, 0.25) is 4.34 Å². The van der Waals surface area contributed by atoms with Gasteiger partial charge in [0.25, 0.3) is 0 Å². The third-order valence-corrected chi connectivity index (χ3v) is 3.00. The maximum atomic E-state index is 5.96. The highest BCUT2D eigenvalue weighted by Gasteiger charge is 2.05. The van der Waals surface area contributed by atoms with Crippen molar-refractivity contribution < 1.29 is 4.74 Å². The molecule has 0 bridgehead atoms. The van der Waals surface area contributed by atoms with Crippen LogP contribution in [0.5, 0.6) is 0 Å². The smallest absolute Gasteiger partial charge is 0.0986 e. The lowest BCUT2D eigenvalue weighted by atomic mass is 10.3. The molecule has 1 aromatic rings. The van der Waals surface area contributed by atoms with Gasteiger partial charge in [-0.2, -0.15) is 0 Å². The van der Waals surface area contributed by atoms with Crippen molar-refractivity contribution in [2.24, 2.45) is 5.73 Å². The minimum atomic E-state index is 0.583. The van der Waals surface area contributed by atoms with Crippen LogP contribution in [-0.4, -0.2) is 13.7 Å². The lowest BCUT2D eigenvalue weighted by Crippen LogP contribution is -2.00. The number of thiophene rings is 1. The third-order valence-electron chi connectivity index (χ3n) is 1.50. The molecule has 0 atom stereocenters. The molecule has 2 nitrogen and oxygen atoms in total. The summed E-state index contributed by atoms with van der Waals surface area (Å²) in [5, 5.41) is 0. The van der Waals surface area contributed by atoms with Gasteiger partial charge in [0.15, 0.2) is 0 Å². The standard InChI is InChI=1S/C8H12ClNOS/c1-11-5-6-4-7(2-3-10)12-8(6)9/h4H,2-3,5,10H2,1H3. The number of nitrogens with two attached hydrogens (primary N) is 1. The molecule has 0 amide bonds. The van der Waals surface area contributed by atoms with Crippen LogP contribution in [0.3, 0.4) is 0 Å². The van der Waals surface area contributed by atoms with Gasteiger partial charge < -0.3 is 10.5 Å². The van der Waals surface area contributed by atoms with E-state index >= 15 is 0 Å². The van der Waals surface area contributed by atoms with Crippen LogP contribution >= 0.6 is 22.9 Å². The molecule has 0 saturated heterocycles. The zero-order chi connectivity index (χ0) is 8.97. The summed E-state index contributed by atoms with van der Waals surface area (Å²) in [6, 6.07) is 2.06. The van der Waals surface area contributed by atoms with Crippen LogP contribution in [0.1, 0.15) is 10.4 Å². The van der Waals surface area contributed by atoms with Crippen LogP contribution in [0.15, 0.2) is 6.07 Å². The molecule has 1 rings (SSSR count). The molecule has 0 aliphatic rings. The molecule has 1 aromatic heterocycles. The van der Waals surface area contributed by atoms with Gasteiger partial charge in [-0.25, -0.2) is 0 Å². The summed E-state index contributed by atoms with van der Waals surface area (Å²) < 4.78 is 5.81. The van der Waals surface area contributed by atoms with Crippen molar-refractivity contribution >= 4 is 22.9 Å². The molecule has 0 radical (unpaired) electrons. The highest BCUT2D eigenvalue weighted by Crippen LogP contribution is 2.28. The summed E-state index contributed by atoms with van der Waals surface area (Å²) in [4.78, 5) is 1.23. The molecular formula is C8H12ClNOS. The van der Waals surface area contributed by atoms with E-state index in [1.54, 1.807) is 18.4 Å². The van der Waals surface area contributed by atoms with E-state index in [2.05, 4.69) is 6.07 Å². The first-order valence-corrected chi connectivity index (χ1v) is 4.93. The Balaban J connectivity index is 2.70. The van der Waals surface area contributed by atoms with Crippen LogP contribution < -0.4 is 5.73 Å². The fraction of sp³-hybridized carbons (Fsp3) is 0.500. The Labute approximate surface area is 81.3 Å². The fourth-order valence-corrected chi connectivity index (χ4v) is 2.29. The van der Waals surface area contributed by atoms with Crippen LogP contribution in [0.4, 0.5) is 0 Å². The van der Waals surface area contributed by atoms with Gasteiger partial charge in [0.05, 0.1) is 10.9 Å². The molecule has 0 spiro atoms. The second-order valence-electron chi connectivity index (χ2n) is 2.48. The second kappa shape index (κ2) is 4.82. The molecule has 12 heavy (non-hydrogen) atoms. The van der Waals surface area contributed by atoms with E-state index < -0.39 is 0 Å². The molecule has 68 valence electrons. The minimum absolute atomic E-state index is 0.583. The molecule has 0 aromatic carbocycles. The normalized spacial score (nSPS) is 10.6. The SMILES string of the molecule is COCc1cc(CCN)sc1Cl. The number of methoxy groups -OCH3 is 1. The summed E-state index contributed by atoms with van der Waals surface area (Å²) in [6.07, 6.45) is 0.897. The zero-order valence-corrected chi connectivity index (χ0v) is 8.54. The van der Waals surface area contributed by atoms with Crippen LogP contribution in [-0.2, 0) is 17.8 Å². The Kier molecular flexibility index (Phi) is 4.01. The summed E-state index contributed by atoms with van der Waals surface area (Å²) in [6.45, 7) is 1.25. The largest absolute Gasteiger partial charge is 0.380 e. The van der Waals surface area contributed by atoms with Gasteiger partial charge in [0.2, 0.25) is 0 Å². The van der Waals surface area contributed by atoms with E-state index in [9.17, 15) is 0 Å². The molecule has 0 unspecified atom stereocenters. The summed E-state index contributed by atoms with van der Waals surface area (Å²) in [5.41, 5.74) is 6.49. The molecule has 0 aliphatic carbocycles. The third kappa shape index (κ3) is 2.45. The Morgan fingerprint density at radius 3 is 3.00 bits per heavy atom. The molecule has 0 saturated carbocycles. The lowest BCUT2D eigenvalue weighted by molar-refractivity contribution is 0.185. The van der Waals surface area contributed by atoms with Crippen molar-refractivity contribution in [1.29, 1.82) is 0 Å². The molecule has 4 heteroatoms.